The van der Waals surface area contributed by atoms with Gasteiger partial charge in [-0.15, -0.1) is 0 Å². The number of unbranched alkanes of at least 4 members (excludes halogenated alkanes) is 1. The van der Waals surface area contributed by atoms with Gasteiger partial charge in [0, 0.05) is 0 Å². The molecule has 0 saturated carbocycles. The third kappa shape index (κ3) is 4.21. The number of allylic oxidation sites excluding steroid dienone is 1. The van der Waals surface area contributed by atoms with Crippen LogP contribution >= 0.6 is 0 Å². The number of nitrogens with one attached hydrogen (secondary N) is 1. The van der Waals surface area contributed by atoms with Gasteiger partial charge in [-0.25, -0.2) is 4.98 Å². The van der Waals surface area contributed by atoms with Crippen molar-refractivity contribution in [3.63, 3.8) is 0 Å². The maximum Gasteiger partial charge on any atom is 0.259 e. The summed E-state index contributed by atoms with van der Waals surface area (Å²) in [5, 5.41) is 10.1. The van der Waals surface area contributed by atoms with E-state index in [1.807, 2.05) is 12.1 Å². The monoisotopic (exact) mass is 375 g/mol. The lowest BCUT2D eigenvalue weighted by Gasteiger charge is -2.11. The predicted octanol–water partition coefficient (Wildman–Crippen LogP) is 4.17. The quantitative estimate of drug-likeness (QED) is 0.494. The lowest BCUT2D eigenvalue weighted by Crippen LogP contribution is -2.11. The number of aromatic nitrogens is 2. The van der Waals surface area contributed by atoms with Gasteiger partial charge in [0.2, 0.25) is 0 Å². The molecule has 6 heteroatoms. The fourth-order valence-corrected chi connectivity index (χ4v) is 2.75. The van der Waals surface area contributed by atoms with E-state index in [4.69, 9.17) is 9.47 Å². The molecule has 0 spiro atoms. The topological polar surface area (TPSA) is 88.0 Å². The number of methoxy groups -OCH3 is 1. The minimum absolute atomic E-state index is 0.230. The third-order valence-electron chi connectivity index (χ3n) is 4.24. The van der Waals surface area contributed by atoms with Crippen molar-refractivity contribution in [2.45, 2.75) is 19.8 Å². The summed E-state index contributed by atoms with van der Waals surface area (Å²) in [5.74, 6) is 1.47. The van der Waals surface area contributed by atoms with E-state index < -0.39 is 0 Å². The molecular formula is C22H21N3O3. The standard InChI is InChI=1S/C22H21N3O3/c1-3-4-11-28-19-10-9-15(13-20(19)27-2)12-16(14-23)21-24-18-8-6-5-7-17(18)22(26)25-21/h5-10,12-13H,3-4,11H2,1-2H3,(H,24,25,26)/b16-12+. The minimum atomic E-state index is -0.279. The Labute approximate surface area is 163 Å². The van der Waals surface area contributed by atoms with Crippen LogP contribution in [0.5, 0.6) is 11.5 Å². The molecule has 0 atom stereocenters. The average molecular weight is 375 g/mol. The Morgan fingerprint density at radius 1 is 1.25 bits per heavy atom. The summed E-state index contributed by atoms with van der Waals surface area (Å²) in [4.78, 5) is 19.4. The Bertz CT molecular complexity index is 1110. The van der Waals surface area contributed by atoms with Gasteiger partial charge in [0.1, 0.15) is 6.07 Å². The number of hydrogen-bond donors (Lipinski definition) is 1. The highest BCUT2D eigenvalue weighted by atomic mass is 16.5. The number of aromatic amines is 1. The van der Waals surface area contributed by atoms with E-state index in [9.17, 15) is 10.1 Å². The smallest absolute Gasteiger partial charge is 0.259 e. The molecular weight excluding hydrogens is 354 g/mol. The molecule has 3 rings (SSSR count). The Balaban J connectivity index is 1.97. The molecule has 142 valence electrons. The number of ether oxygens (including phenoxy) is 2. The number of benzene rings is 2. The van der Waals surface area contributed by atoms with Crippen LogP contribution in [0.3, 0.4) is 0 Å². The number of nitrogens with zero attached hydrogens (tertiary/aromatic N) is 2. The highest BCUT2D eigenvalue weighted by Gasteiger charge is 2.10. The zero-order valence-corrected chi connectivity index (χ0v) is 15.9. The fourth-order valence-electron chi connectivity index (χ4n) is 2.75. The highest BCUT2D eigenvalue weighted by molar-refractivity contribution is 5.89. The van der Waals surface area contributed by atoms with Gasteiger partial charge >= 0.3 is 0 Å². The van der Waals surface area contributed by atoms with Crippen LogP contribution in [0.1, 0.15) is 31.2 Å². The molecule has 0 amide bonds. The maximum absolute atomic E-state index is 12.3. The molecule has 0 aliphatic heterocycles. The zero-order valence-electron chi connectivity index (χ0n) is 15.9. The van der Waals surface area contributed by atoms with Crippen LogP contribution in [0.15, 0.2) is 47.3 Å². The fraction of sp³-hybridized carbons (Fsp3) is 0.227. The van der Waals surface area contributed by atoms with Crippen LogP contribution in [0.4, 0.5) is 0 Å². The van der Waals surface area contributed by atoms with Gasteiger partial charge in [-0.2, -0.15) is 5.26 Å². The van der Waals surface area contributed by atoms with Crippen molar-refractivity contribution in [2.24, 2.45) is 0 Å². The van der Waals surface area contributed by atoms with Crippen molar-refractivity contribution in [2.75, 3.05) is 13.7 Å². The molecule has 0 saturated heterocycles. The molecule has 0 aliphatic rings. The Morgan fingerprint density at radius 2 is 2.07 bits per heavy atom. The number of H-pyrrole nitrogens is 1. The van der Waals surface area contributed by atoms with Crippen LogP contribution in [0.25, 0.3) is 22.6 Å². The summed E-state index contributed by atoms with van der Waals surface area (Å²) in [6.07, 6.45) is 3.67. The molecule has 0 aliphatic carbocycles. The van der Waals surface area contributed by atoms with Gasteiger partial charge in [0.05, 0.1) is 30.2 Å². The largest absolute Gasteiger partial charge is 0.493 e. The number of nitriles is 1. The molecule has 1 heterocycles. The van der Waals surface area contributed by atoms with Crippen LogP contribution in [0, 0.1) is 11.3 Å². The first kappa shape index (κ1) is 19.2. The molecule has 28 heavy (non-hydrogen) atoms. The normalized spacial score (nSPS) is 11.2. The average Bonchev–Trinajstić information content (AvgIpc) is 2.72. The van der Waals surface area contributed by atoms with E-state index in [0.717, 1.165) is 18.4 Å². The number of fused-ring (bicyclic) bond motifs is 1. The summed E-state index contributed by atoms with van der Waals surface area (Å²) in [5.41, 5.74) is 1.26. The van der Waals surface area contributed by atoms with Crippen LogP contribution in [-0.4, -0.2) is 23.7 Å². The molecule has 3 aromatic rings. The molecule has 0 fully saturated rings. The highest BCUT2D eigenvalue weighted by Crippen LogP contribution is 2.29. The summed E-state index contributed by atoms with van der Waals surface area (Å²) < 4.78 is 11.1. The Hall–Kier alpha value is -3.59. The van der Waals surface area contributed by atoms with Crippen molar-refractivity contribution in [3.05, 3.63) is 64.2 Å². The second kappa shape index (κ2) is 8.87. The van der Waals surface area contributed by atoms with Gasteiger partial charge in [-0.05, 0) is 42.3 Å². The number of rotatable bonds is 7. The van der Waals surface area contributed by atoms with E-state index in [1.165, 1.54) is 0 Å². The van der Waals surface area contributed by atoms with E-state index >= 15 is 0 Å². The summed E-state index contributed by atoms with van der Waals surface area (Å²) in [6, 6.07) is 14.6. The van der Waals surface area contributed by atoms with E-state index in [-0.39, 0.29) is 17.0 Å². The number of hydrogen-bond acceptors (Lipinski definition) is 5. The third-order valence-corrected chi connectivity index (χ3v) is 4.24. The van der Waals surface area contributed by atoms with E-state index in [0.29, 0.717) is 29.0 Å². The summed E-state index contributed by atoms with van der Waals surface area (Å²) >= 11 is 0. The van der Waals surface area contributed by atoms with Crippen molar-refractivity contribution in [3.8, 4) is 17.6 Å². The first-order valence-corrected chi connectivity index (χ1v) is 9.08. The summed E-state index contributed by atoms with van der Waals surface area (Å²) in [7, 11) is 1.57. The van der Waals surface area contributed by atoms with Crippen molar-refractivity contribution < 1.29 is 9.47 Å². The van der Waals surface area contributed by atoms with Gasteiger partial charge in [0.15, 0.2) is 17.3 Å². The molecule has 1 N–H and O–H groups in total. The van der Waals surface area contributed by atoms with Crippen molar-refractivity contribution in [1.82, 2.24) is 9.97 Å². The van der Waals surface area contributed by atoms with Crippen LogP contribution in [-0.2, 0) is 0 Å². The minimum Gasteiger partial charge on any atom is -0.493 e. The first-order valence-electron chi connectivity index (χ1n) is 9.08. The number of para-hydroxylation sites is 1. The van der Waals surface area contributed by atoms with Gasteiger partial charge in [-0.3, -0.25) is 4.79 Å². The van der Waals surface area contributed by atoms with Gasteiger partial charge < -0.3 is 14.5 Å². The molecule has 0 unspecified atom stereocenters. The molecule has 6 nitrogen and oxygen atoms in total. The van der Waals surface area contributed by atoms with Crippen LogP contribution < -0.4 is 15.0 Å². The first-order chi connectivity index (χ1) is 13.7. The molecule has 1 aromatic heterocycles. The summed E-state index contributed by atoms with van der Waals surface area (Å²) in [6.45, 7) is 2.72. The molecule has 2 aromatic carbocycles. The molecule has 0 bridgehead atoms. The van der Waals surface area contributed by atoms with Gasteiger partial charge in [0.25, 0.3) is 5.56 Å². The SMILES string of the molecule is CCCCOc1ccc(/C=C(\C#N)c2nc3ccccc3c(=O)[nH]2)cc1OC. The predicted molar refractivity (Wildman–Crippen MR) is 109 cm³/mol. The maximum atomic E-state index is 12.3. The van der Waals surface area contributed by atoms with E-state index in [2.05, 4.69) is 23.0 Å². The van der Waals surface area contributed by atoms with Crippen molar-refractivity contribution >= 4 is 22.6 Å². The van der Waals surface area contributed by atoms with Crippen molar-refractivity contribution in [1.29, 1.82) is 5.26 Å². The Kier molecular flexibility index (Phi) is 6.07. The lowest BCUT2D eigenvalue weighted by atomic mass is 10.1. The zero-order chi connectivity index (χ0) is 19.9. The van der Waals surface area contributed by atoms with E-state index in [1.54, 1.807) is 43.5 Å². The second-order valence-electron chi connectivity index (χ2n) is 6.21. The lowest BCUT2D eigenvalue weighted by molar-refractivity contribution is 0.288. The molecule has 0 radical (unpaired) electrons. The van der Waals surface area contributed by atoms with Crippen LogP contribution in [0.2, 0.25) is 0 Å². The second-order valence-corrected chi connectivity index (χ2v) is 6.21. The Morgan fingerprint density at radius 3 is 2.82 bits per heavy atom. The van der Waals surface area contributed by atoms with Gasteiger partial charge in [-0.1, -0.05) is 31.5 Å².